The number of fused-ring (bicyclic) bond motifs is 4. The van der Waals surface area contributed by atoms with Gasteiger partial charge in [0.25, 0.3) is 0 Å². The third-order valence-corrected chi connectivity index (χ3v) is 7.87. The summed E-state index contributed by atoms with van der Waals surface area (Å²) >= 11 is 6.30. The second kappa shape index (κ2) is 6.87. The minimum Gasteiger partial charge on any atom is -0.384 e. The molecule has 2 heterocycles. The first-order valence-corrected chi connectivity index (χ1v) is 11.0. The molecule has 1 saturated carbocycles. The normalized spacial score (nSPS) is 32.9. The largest absolute Gasteiger partial charge is 0.384 e. The monoisotopic (exact) mass is 370 g/mol. The number of nitrogens with zero attached hydrogens (tertiary/aromatic N) is 1. The summed E-state index contributed by atoms with van der Waals surface area (Å²) in [6, 6.07) is 6.39. The predicted octanol–water partition coefficient (Wildman–Crippen LogP) is 5.48. The van der Waals surface area contributed by atoms with Crippen LogP contribution in [-0.4, -0.2) is 31.1 Å². The molecule has 3 atom stereocenters. The van der Waals surface area contributed by atoms with Crippen molar-refractivity contribution in [2.45, 2.75) is 50.4 Å². The van der Waals surface area contributed by atoms with Gasteiger partial charge in [-0.3, -0.25) is 0 Å². The van der Waals surface area contributed by atoms with Crippen molar-refractivity contribution in [2.24, 2.45) is 17.8 Å². The Labute approximate surface area is 163 Å². The summed E-state index contributed by atoms with van der Waals surface area (Å²) in [5, 5.41) is 4.51. The van der Waals surface area contributed by atoms with Crippen molar-refractivity contribution in [3.63, 3.8) is 0 Å². The molecule has 0 aromatic heterocycles. The maximum Gasteiger partial charge on any atom is 0.0410 e. The van der Waals surface area contributed by atoms with E-state index < -0.39 is 0 Å². The summed E-state index contributed by atoms with van der Waals surface area (Å²) in [6.45, 7) is 4.90. The topological polar surface area (TPSA) is 15.3 Å². The molecule has 26 heavy (non-hydrogen) atoms. The van der Waals surface area contributed by atoms with Gasteiger partial charge in [0.05, 0.1) is 0 Å². The molecule has 1 aromatic rings. The fourth-order valence-corrected chi connectivity index (χ4v) is 6.28. The highest BCUT2D eigenvalue weighted by Gasteiger charge is 2.41. The zero-order valence-electron chi connectivity index (χ0n) is 15.7. The van der Waals surface area contributed by atoms with E-state index in [0.717, 1.165) is 29.3 Å². The van der Waals surface area contributed by atoms with Crippen LogP contribution >= 0.6 is 11.6 Å². The Hall–Kier alpha value is -0.990. The van der Waals surface area contributed by atoms with E-state index in [2.05, 4.69) is 34.5 Å². The van der Waals surface area contributed by atoms with Gasteiger partial charge in [-0.25, -0.2) is 0 Å². The molecule has 2 aliphatic heterocycles. The van der Waals surface area contributed by atoms with E-state index in [4.69, 9.17) is 11.6 Å². The molecule has 3 heteroatoms. The number of allylic oxidation sites excluding steroid dienone is 2. The molecule has 140 valence electrons. The number of hydrogen-bond acceptors (Lipinski definition) is 2. The first-order valence-electron chi connectivity index (χ1n) is 10.6. The molecular formula is C23H31ClN2. The number of benzene rings is 1. The average Bonchev–Trinajstić information content (AvgIpc) is 2.92. The Balaban J connectivity index is 1.22. The van der Waals surface area contributed by atoms with Gasteiger partial charge in [-0.1, -0.05) is 23.8 Å². The Bertz CT molecular complexity index is 689. The summed E-state index contributed by atoms with van der Waals surface area (Å²) in [6.07, 6.45) is 14.6. The molecule has 2 nitrogen and oxygen atoms in total. The lowest BCUT2D eigenvalue weighted by atomic mass is 9.74. The van der Waals surface area contributed by atoms with E-state index in [1.807, 2.05) is 6.07 Å². The summed E-state index contributed by atoms with van der Waals surface area (Å²) in [5.41, 5.74) is 3.10. The van der Waals surface area contributed by atoms with Gasteiger partial charge in [-0.05, 0) is 99.6 Å². The fraction of sp³-hybridized carbons (Fsp3) is 0.652. The number of hydrogen-bond donors (Lipinski definition) is 1. The van der Waals surface area contributed by atoms with E-state index in [1.165, 1.54) is 75.8 Å². The van der Waals surface area contributed by atoms with Crippen LogP contribution in [0.3, 0.4) is 0 Å². The van der Waals surface area contributed by atoms with Gasteiger partial charge in [-0.15, -0.1) is 0 Å². The Kier molecular flexibility index (Phi) is 4.53. The lowest BCUT2D eigenvalue weighted by molar-refractivity contribution is 0.140. The lowest BCUT2D eigenvalue weighted by Gasteiger charge is -2.40. The van der Waals surface area contributed by atoms with Gasteiger partial charge < -0.3 is 10.2 Å². The molecular weight excluding hydrogens is 340 g/mol. The lowest BCUT2D eigenvalue weighted by Crippen LogP contribution is -2.45. The van der Waals surface area contributed by atoms with Crippen molar-refractivity contribution >= 4 is 17.3 Å². The molecule has 2 aliphatic carbocycles. The number of rotatable bonds is 2. The minimum absolute atomic E-state index is 0.319. The summed E-state index contributed by atoms with van der Waals surface area (Å²) in [4.78, 5) is 2.76. The molecule has 2 fully saturated rings. The van der Waals surface area contributed by atoms with Crippen molar-refractivity contribution in [2.75, 3.05) is 31.5 Å². The van der Waals surface area contributed by atoms with E-state index in [0.29, 0.717) is 5.41 Å². The van der Waals surface area contributed by atoms with Crippen LogP contribution in [0.1, 0.15) is 50.5 Å². The van der Waals surface area contributed by atoms with Crippen LogP contribution in [0.25, 0.3) is 0 Å². The van der Waals surface area contributed by atoms with Crippen LogP contribution in [0, 0.1) is 17.8 Å². The number of piperidine rings is 1. The van der Waals surface area contributed by atoms with Crippen LogP contribution in [0.4, 0.5) is 5.69 Å². The van der Waals surface area contributed by atoms with Crippen LogP contribution in [-0.2, 0) is 5.41 Å². The van der Waals surface area contributed by atoms with Crippen molar-refractivity contribution in [3.05, 3.63) is 40.9 Å². The third kappa shape index (κ3) is 3.20. The number of likely N-dealkylation sites (tertiary alicyclic amines) is 1. The molecule has 1 spiro atoms. The van der Waals surface area contributed by atoms with Crippen LogP contribution < -0.4 is 5.32 Å². The second-order valence-electron chi connectivity index (χ2n) is 9.33. The number of nitrogens with one attached hydrogen (secondary N) is 1. The zero-order chi connectivity index (χ0) is 17.6. The van der Waals surface area contributed by atoms with E-state index in [1.54, 1.807) is 0 Å². The SMILES string of the molecule is Clc1ccc2c(c1)C1(CCN(CC3CCC4CC=CC(C4)C3)CC1)CN2. The van der Waals surface area contributed by atoms with Gasteiger partial charge in [0.2, 0.25) is 0 Å². The van der Waals surface area contributed by atoms with Crippen LogP contribution in [0.5, 0.6) is 0 Å². The molecule has 2 bridgehead atoms. The molecule has 1 N–H and O–H groups in total. The maximum atomic E-state index is 6.30. The molecule has 0 radical (unpaired) electrons. The summed E-state index contributed by atoms with van der Waals surface area (Å²) in [7, 11) is 0. The molecule has 0 amide bonds. The maximum absolute atomic E-state index is 6.30. The van der Waals surface area contributed by atoms with Gasteiger partial charge in [0.1, 0.15) is 0 Å². The minimum atomic E-state index is 0.319. The molecule has 3 unspecified atom stereocenters. The Morgan fingerprint density at radius 2 is 2.04 bits per heavy atom. The highest BCUT2D eigenvalue weighted by molar-refractivity contribution is 6.30. The predicted molar refractivity (Wildman–Crippen MR) is 110 cm³/mol. The molecule has 4 aliphatic rings. The number of halogens is 1. The Morgan fingerprint density at radius 1 is 1.15 bits per heavy atom. The highest BCUT2D eigenvalue weighted by Crippen LogP contribution is 2.45. The van der Waals surface area contributed by atoms with E-state index >= 15 is 0 Å². The van der Waals surface area contributed by atoms with Gasteiger partial charge >= 0.3 is 0 Å². The standard InChI is InChI=1S/C23H31ClN2/c24-20-6-7-22-21(14-20)23(16-25-22)8-10-26(11-9-23)15-19-5-4-17-2-1-3-18(12-17)13-19/h1,3,6-7,14,17-19,25H,2,4-5,8-13,15-16H2. The summed E-state index contributed by atoms with van der Waals surface area (Å²) < 4.78 is 0. The van der Waals surface area contributed by atoms with Crippen molar-refractivity contribution in [1.29, 1.82) is 0 Å². The fourth-order valence-electron chi connectivity index (χ4n) is 6.10. The zero-order valence-corrected chi connectivity index (χ0v) is 16.5. The second-order valence-corrected chi connectivity index (χ2v) is 9.77. The average molecular weight is 371 g/mol. The summed E-state index contributed by atoms with van der Waals surface area (Å²) in [5.74, 6) is 2.75. The van der Waals surface area contributed by atoms with Crippen molar-refractivity contribution < 1.29 is 0 Å². The van der Waals surface area contributed by atoms with Gasteiger partial charge in [0, 0.05) is 29.2 Å². The van der Waals surface area contributed by atoms with Crippen LogP contribution in [0.15, 0.2) is 30.4 Å². The van der Waals surface area contributed by atoms with E-state index in [-0.39, 0.29) is 0 Å². The van der Waals surface area contributed by atoms with Gasteiger partial charge in [-0.2, -0.15) is 0 Å². The van der Waals surface area contributed by atoms with Crippen molar-refractivity contribution in [3.8, 4) is 0 Å². The van der Waals surface area contributed by atoms with Gasteiger partial charge in [0.15, 0.2) is 0 Å². The first-order chi connectivity index (χ1) is 12.7. The smallest absolute Gasteiger partial charge is 0.0410 e. The van der Waals surface area contributed by atoms with Crippen molar-refractivity contribution in [1.82, 2.24) is 4.90 Å². The highest BCUT2D eigenvalue weighted by atomic mass is 35.5. The quantitative estimate of drug-likeness (QED) is 0.693. The molecule has 1 saturated heterocycles. The number of anilines is 1. The first kappa shape index (κ1) is 17.1. The third-order valence-electron chi connectivity index (χ3n) is 7.63. The molecule has 5 rings (SSSR count). The van der Waals surface area contributed by atoms with E-state index in [9.17, 15) is 0 Å². The Morgan fingerprint density at radius 3 is 2.92 bits per heavy atom. The van der Waals surface area contributed by atoms with Crippen LogP contribution in [0.2, 0.25) is 5.02 Å². The molecule has 1 aromatic carbocycles.